The van der Waals surface area contributed by atoms with Gasteiger partial charge in [-0.05, 0) is 35.9 Å². The Balaban J connectivity index is 1.67. The van der Waals surface area contributed by atoms with Gasteiger partial charge in [-0.1, -0.05) is 48.2 Å². The average molecular weight is 414 g/mol. The van der Waals surface area contributed by atoms with Gasteiger partial charge in [-0.25, -0.2) is 18.4 Å². The van der Waals surface area contributed by atoms with Crippen molar-refractivity contribution in [3.05, 3.63) is 66.9 Å². The van der Waals surface area contributed by atoms with E-state index in [0.717, 1.165) is 15.6 Å². The predicted octanol–water partition coefficient (Wildman–Crippen LogP) is 4.88. The first kappa shape index (κ1) is 18.0. The molecule has 5 nitrogen and oxygen atoms in total. The number of rotatable bonds is 5. The van der Waals surface area contributed by atoms with Crippen molar-refractivity contribution in [1.82, 2.24) is 9.97 Å². The van der Waals surface area contributed by atoms with Crippen LogP contribution in [0.15, 0.2) is 76.2 Å². The molecule has 0 spiro atoms. The largest absolute Gasteiger partial charge is 0.278 e. The van der Waals surface area contributed by atoms with E-state index in [9.17, 15) is 8.42 Å². The van der Waals surface area contributed by atoms with Crippen molar-refractivity contribution in [1.29, 1.82) is 0 Å². The van der Waals surface area contributed by atoms with E-state index in [-0.39, 0.29) is 4.21 Å². The molecule has 0 saturated heterocycles. The molecule has 0 aliphatic carbocycles. The third kappa shape index (κ3) is 3.69. The summed E-state index contributed by atoms with van der Waals surface area (Å²) in [5, 5.41) is 2.50. The summed E-state index contributed by atoms with van der Waals surface area (Å²) in [6.45, 7) is 0. The zero-order valence-corrected chi connectivity index (χ0v) is 16.7. The van der Waals surface area contributed by atoms with Gasteiger partial charge in [0.05, 0.1) is 16.3 Å². The average Bonchev–Trinajstić information content (AvgIpc) is 3.19. The lowest BCUT2D eigenvalue weighted by Crippen LogP contribution is -2.11. The number of hydrogen-bond donors (Lipinski definition) is 1. The molecule has 0 fully saturated rings. The monoisotopic (exact) mass is 413 g/mol. The van der Waals surface area contributed by atoms with E-state index in [1.165, 1.54) is 23.1 Å². The van der Waals surface area contributed by atoms with Crippen LogP contribution in [0.25, 0.3) is 21.3 Å². The number of hydrogen-bond acceptors (Lipinski definition) is 6. The van der Waals surface area contributed by atoms with Crippen LogP contribution in [0.5, 0.6) is 0 Å². The van der Waals surface area contributed by atoms with Crippen molar-refractivity contribution >= 4 is 49.6 Å². The molecule has 4 rings (SSSR count). The highest BCUT2D eigenvalue weighted by Crippen LogP contribution is 2.32. The highest BCUT2D eigenvalue weighted by molar-refractivity contribution is 7.98. The molecular formula is C19H15N3O2S3. The first-order chi connectivity index (χ1) is 13.1. The van der Waals surface area contributed by atoms with Gasteiger partial charge in [-0.15, -0.1) is 11.3 Å². The Morgan fingerprint density at radius 2 is 1.81 bits per heavy atom. The number of thiophene rings is 1. The topological polar surface area (TPSA) is 72.0 Å². The van der Waals surface area contributed by atoms with E-state index < -0.39 is 10.0 Å². The van der Waals surface area contributed by atoms with Crippen LogP contribution in [0.1, 0.15) is 0 Å². The Morgan fingerprint density at radius 3 is 2.67 bits per heavy atom. The van der Waals surface area contributed by atoms with Crippen molar-refractivity contribution in [2.75, 3.05) is 11.0 Å². The quantitative estimate of drug-likeness (QED) is 0.373. The van der Waals surface area contributed by atoms with Gasteiger partial charge in [0.1, 0.15) is 4.21 Å². The summed E-state index contributed by atoms with van der Waals surface area (Å²) in [4.78, 5) is 9.36. The van der Waals surface area contributed by atoms with Crippen LogP contribution in [0.4, 0.5) is 5.69 Å². The molecule has 27 heavy (non-hydrogen) atoms. The summed E-state index contributed by atoms with van der Waals surface area (Å²) in [7, 11) is -3.69. The summed E-state index contributed by atoms with van der Waals surface area (Å²) >= 11 is 2.63. The summed E-state index contributed by atoms with van der Waals surface area (Å²) in [6.07, 6.45) is 3.58. The van der Waals surface area contributed by atoms with E-state index in [4.69, 9.17) is 0 Å². The Bertz CT molecular complexity index is 1210. The first-order valence-corrected chi connectivity index (χ1v) is 11.6. The second-order valence-electron chi connectivity index (χ2n) is 5.68. The fourth-order valence-electron chi connectivity index (χ4n) is 2.69. The van der Waals surface area contributed by atoms with Crippen LogP contribution in [0, 0.1) is 0 Å². The Kier molecular flexibility index (Phi) is 4.86. The fourth-order valence-corrected chi connectivity index (χ4v) is 5.40. The van der Waals surface area contributed by atoms with E-state index in [1.807, 2.05) is 42.7 Å². The number of anilines is 1. The lowest BCUT2D eigenvalue weighted by Gasteiger charge is -2.09. The van der Waals surface area contributed by atoms with E-state index in [0.29, 0.717) is 16.5 Å². The number of aromatic nitrogens is 2. The van der Waals surface area contributed by atoms with Crippen LogP contribution in [0.3, 0.4) is 0 Å². The van der Waals surface area contributed by atoms with Gasteiger partial charge in [0.15, 0.2) is 5.16 Å². The van der Waals surface area contributed by atoms with Crippen molar-refractivity contribution in [2.24, 2.45) is 0 Å². The normalized spacial score (nSPS) is 11.6. The first-order valence-electron chi connectivity index (χ1n) is 8.05. The van der Waals surface area contributed by atoms with E-state index in [2.05, 4.69) is 14.7 Å². The van der Waals surface area contributed by atoms with Crippen LogP contribution in [-0.4, -0.2) is 24.6 Å². The van der Waals surface area contributed by atoms with Crippen molar-refractivity contribution in [3.8, 4) is 10.6 Å². The second-order valence-corrected chi connectivity index (χ2v) is 9.45. The van der Waals surface area contributed by atoms with E-state index in [1.54, 1.807) is 30.5 Å². The van der Waals surface area contributed by atoms with Crippen LogP contribution in [0.2, 0.25) is 0 Å². The Hall–Kier alpha value is -2.42. The SMILES string of the molecule is CSc1nccc(-c2ccc(S(=O)(=O)Nc3cccc4ccccc34)s2)n1. The Morgan fingerprint density at radius 1 is 1.00 bits per heavy atom. The van der Waals surface area contributed by atoms with Crippen molar-refractivity contribution in [3.63, 3.8) is 0 Å². The zero-order valence-electron chi connectivity index (χ0n) is 14.3. The molecule has 0 unspecified atom stereocenters. The standard InChI is InChI=1S/C19H15N3O2S3/c1-25-19-20-12-11-16(21-19)17-9-10-18(26-17)27(23,24)22-15-8-4-6-13-5-2-3-7-14(13)15/h2-12,22H,1H3. The summed E-state index contributed by atoms with van der Waals surface area (Å²) in [5.74, 6) is 0. The fraction of sp³-hybridized carbons (Fsp3) is 0.0526. The van der Waals surface area contributed by atoms with Crippen LogP contribution in [-0.2, 0) is 10.0 Å². The van der Waals surface area contributed by atoms with Gasteiger partial charge in [-0.3, -0.25) is 4.72 Å². The zero-order chi connectivity index (χ0) is 18.9. The third-order valence-corrected chi connectivity index (χ3v) is 7.48. The minimum atomic E-state index is -3.69. The molecule has 0 bridgehead atoms. The van der Waals surface area contributed by atoms with Gasteiger partial charge in [-0.2, -0.15) is 0 Å². The van der Waals surface area contributed by atoms with Gasteiger partial charge in [0.25, 0.3) is 10.0 Å². The number of nitrogens with zero attached hydrogens (tertiary/aromatic N) is 2. The van der Waals surface area contributed by atoms with Gasteiger partial charge in [0.2, 0.25) is 0 Å². The minimum Gasteiger partial charge on any atom is -0.278 e. The maximum Gasteiger partial charge on any atom is 0.271 e. The smallest absolute Gasteiger partial charge is 0.271 e. The molecular weight excluding hydrogens is 398 g/mol. The molecule has 0 aliphatic rings. The summed E-state index contributed by atoms with van der Waals surface area (Å²) in [5.41, 5.74) is 1.28. The molecule has 0 amide bonds. The van der Waals surface area contributed by atoms with Crippen molar-refractivity contribution < 1.29 is 8.42 Å². The minimum absolute atomic E-state index is 0.245. The molecule has 0 atom stereocenters. The number of thioether (sulfide) groups is 1. The number of benzene rings is 2. The number of sulfonamides is 1. The summed E-state index contributed by atoms with van der Waals surface area (Å²) in [6, 6.07) is 18.4. The molecule has 0 aliphatic heterocycles. The van der Waals surface area contributed by atoms with Gasteiger partial charge in [0, 0.05) is 11.6 Å². The number of nitrogens with one attached hydrogen (secondary N) is 1. The van der Waals surface area contributed by atoms with E-state index >= 15 is 0 Å². The molecule has 136 valence electrons. The molecule has 0 radical (unpaired) electrons. The molecule has 4 aromatic rings. The molecule has 2 aromatic heterocycles. The molecule has 1 N–H and O–H groups in total. The number of fused-ring (bicyclic) bond motifs is 1. The van der Waals surface area contributed by atoms with Crippen LogP contribution < -0.4 is 4.72 Å². The maximum absolute atomic E-state index is 12.9. The van der Waals surface area contributed by atoms with Gasteiger partial charge < -0.3 is 0 Å². The van der Waals surface area contributed by atoms with Crippen molar-refractivity contribution in [2.45, 2.75) is 9.37 Å². The summed E-state index contributed by atoms with van der Waals surface area (Å²) < 4.78 is 28.7. The van der Waals surface area contributed by atoms with Crippen LogP contribution >= 0.6 is 23.1 Å². The lowest BCUT2D eigenvalue weighted by atomic mass is 10.1. The highest BCUT2D eigenvalue weighted by Gasteiger charge is 2.19. The maximum atomic E-state index is 12.9. The molecule has 2 heterocycles. The highest BCUT2D eigenvalue weighted by atomic mass is 32.2. The predicted molar refractivity (Wildman–Crippen MR) is 112 cm³/mol. The molecule has 2 aromatic carbocycles. The Labute approximate surface area is 165 Å². The van der Waals surface area contributed by atoms with Gasteiger partial charge >= 0.3 is 0 Å². The molecule has 0 saturated carbocycles. The second kappa shape index (κ2) is 7.30. The lowest BCUT2D eigenvalue weighted by molar-refractivity contribution is 0.603. The third-order valence-electron chi connectivity index (χ3n) is 3.95. The molecule has 8 heteroatoms.